The maximum atomic E-state index is 12.5. The van der Waals surface area contributed by atoms with E-state index in [1.54, 1.807) is 6.08 Å². The number of esters is 1. The van der Waals surface area contributed by atoms with Gasteiger partial charge in [-0.3, -0.25) is 9.59 Å². The predicted octanol–water partition coefficient (Wildman–Crippen LogP) is 24.7. The molecule has 2 unspecified atom stereocenters. The molecule has 0 fully saturated rings. The SMILES string of the molecule is CCCCCCCC/C=C\CCCCCCCCCC(=O)OCCCCCCCCCCCCCC/C=C\CCCCCCCCCCCCCCCCC(=O)NC(CO)C(O)/C=C/CCCCCCCCCCCCCCCCCCC. The Bertz CT molecular complexity index is 1340. The Morgan fingerprint density at radius 1 is 0.325 bits per heavy atom. The molecule has 0 heterocycles. The van der Waals surface area contributed by atoms with Gasteiger partial charge in [0.25, 0.3) is 0 Å². The number of rotatable bonds is 71. The molecule has 0 aliphatic carbocycles. The number of ether oxygens (including phenoxy) is 1. The number of aliphatic hydroxyl groups is 2. The minimum Gasteiger partial charge on any atom is -0.466 e. The quantitative estimate of drug-likeness (QED) is 0.0320. The van der Waals surface area contributed by atoms with Crippen LogP contribution in [-0.2, 0) is 14.3 Å². The van der Waals surface area contributed by atoms with Gasteiger partial charge >= 0.3 is 5.97 Å². The van der Waals surface area contributed by atoms with Crippen molar-refractivity contribution in [2.45, 2.75) is 431 Å². The Morgan fingerprint density at radius 3 is 0.855 bits per heavy atom. The Kier molecular flexibility index (Phi) is 70.9. The number of nitrogens with one attached hydrogen (secondary N) is 1. The van der Waals surface area contributed by atoms with Gasteiger partial charge in [0.1, 0.15) is 0 Å². The zero-order chi connectivity index (χ0) is 59.9. The highest BCUT2D eigenvalue weighted by Crippen LogP contribution is 2.19. The zero-order valence-electron chi connectivity index (χ0n) is 56.2. The third-order valence-electron chi connectivity index (χ3n) is 17.6. The van der Waals surface area contributed by atoms with Crippen molar-refractivity contribution in [3.63, 3.8) is 0 Å². The van der Waals surface area contributed by atoms with Crippen LogP contribution in [0.1, 0.15) is 418 Å². The minimum absolute atomic E-state index is 0.0141. The first-order valence-corrected chi connectivity index (χ1v) is 37.8. The van der Waals surface area contributed by atoms with Crippen LogP contribution in [0.5, 0.6) is 0 Å². The lowest BCUT2D eigenvalue weighted by Gasteiger charge is -2.20. The van der Waals surface area contributed by atoms with Crippen LogP contribution in [0.4, 0.5) is 0 Å². The van der Waals surface area contributed by atoms with Gasteiger partial charge in [-0.2, -0.15) is 0 Å². The van der Waals surface area contributed by atoms with Gasteiger partial charge in [0.15, 0.2) is 0 Å². The minimum atomic E-state index is -0.844. The number of aliphatic hydroxyl groups excluding tert-OH is 2. The molecule has 0 aliphatic rings. The second-order valence-electron chi connectivity index (χ2n) is 26.0. The molecular weight excluding hydrogens is 1020 g/mol. The van der Waals surface area contributed by atoms with Crippen LogP contribution in [0, 0.1) is 0 Å². The number of carbonyl (C=O) groups excluding carboxylic acids is 2. The van der Waals surface area contributed by atoms with E-state index in [1.807, 2.05) is 6.08 Å². The summed E-state index contributed by atoms with van der Waals surface area (Å²) >= 11 is 0. The first-order valence-electron chi connectivity index (χ1n) is 37.8. The fraction of sp³-hybridized carbons (Fsp3) is 0.896. The molecule has 0 bridgehead atoms. The molecule has 0 aromatic carbocycles. The van der Waals surface area contributed by atoms with Crippen LogP contribution in [0.15, 0.2) is 36.5 Å². The van der Waals surface area contributed by atoms with Crippen LogP contribution in [-0.4, -0.2) is 47.4 Å². The monoisotopic (exact) mass is 1170 g/mol. The van der Waals surface area contributed by atoms with E-state index in [2.05, 4.69) is 43.5 Å². The van der Waals surface area contributed by atoms with E-state index >= 15 is 0 Å². The average Bonchev–Trinajstić information content (AvgIpc) is 3.49. The molecular formula is C77H147NO5. The van der Waals surface area contributed by atoms with Crippen molar-refractivity contribution >= 4 is 11.9 Å². The van der Waals surface area contributed by atoms with Gasteiger partial charge in [-0.1, -0.05) is 359 Å². The lowest BCUT2D eigenvalue weighted by Crippen LogP contribution is -2.45. The van der Waals surface area contributed by atoms with E-state index in [9.17, 15) is 19.8 Å². The molecule has 0 saturated carbocycles. The molecule has 0 radical (unpaired) electrons. The summed E-state index contributed by atoms with van der Waals surface area (Å²) < 4.78 is 5.50. The van der Waals surface area contributed by atoms with Crippen molar-refractivity contribution in [3.8, 4) is 0 Å². The molecule has 0 aromatic heterocycles. The van der Waals surface area contributed by atoms with E-state index in [0.717, 1.165) is 44.9 Å². The van der Waals surface area contributed by atoms with Crippen LogP contribution in [0.2, 0.25) is 0 Å². The van der Waals surface area contributed by atoms with Gasteiger partial charge in [-0.15, -0.1) is 0 Å². The number of carbonyl (C=O) groups is 2. The van der Waals surface area contributed by atoms with Crippen molar-refractivity contribution < 1.29 is 24.5 Å². The lowest BCUT2D eigenvalue weighted by molar-refractivity contribution is -0.143. The zero-order valence-corrected chi connectivity index (χ0v) is 56.2. The lowest BCUT2D eigenvalue weighted by atomic mass is 10.0. The summed E-state index contributed by atoms with van der Waals surface area (Å²) in [6.07, 6.45) is 93.9. The molecule has 0 spiro atoms. The smallest absolute Gasteiger partial charge is 0.305 e. The summed E-state index contributed by atoms with van der Waals surface area (Å²) in [6.45, 7) is 4.94. The van der Waals surface area contributed by atoms with Gasteiger partial charge in [0.05, 0.1) is 25.4 Å². The van der Waals surface area contributed by atoms with E-state index in [0.29, 0.717) is 19.4 Å². The molecule has 3 N–H and O–H groups in total. The van der Waals surface area contributed by atoms with E-state index < -0.39 is 12.1 Å². The maximum absolute atomic E-state index is 12.5. The first-order chi connectivity index (χ1) is 41.0. The molecule has 0 aliphatic heterocycles. The molecule has 6 nitrogen and oxygen atoms in total. The molecule has 6 heteroatoms. The summed E-state index contributed by atoms with van der Waals surface area (Å²) in [4.78, 5) is 24.6. The fourth-order valence-corrected chi connectivity index (χ4v) is 11.9. The molecule has 83 heavy (non-hydrogen) atoms. The third-order valence-corrected chi connectivity index (χ3v) is 17.6. The predicted molar refractivity (Wildman–Crippen MR) is 366 cm³/mol. The molecule has 490 valence electrons. The Balaban J connectivity index is 3.38. The van der Waals surface area contributed by atoms with Gasteiger partial charge in [-0.25, -0.2) is 0 Å². The highest BCUT2D eigenvalue weighted by Gasteiger charge is 2.18. The summed E-state index contributed by atoms with van der Waals surface area (Å²) in [5, 5.41) is 23.2. The van der Waals surface area contributed by atoms with Crippen LogP contribution < -0.4 is 5.32 Å². The van der Waals surface area contributed by atoms with Crippen LogP contribution >= 0.6 is 0 Å². The Morgan fingerprint density at radius 2 is 0.566 bits per heavy atom. The van der Waals surface area contributed by atoms with Crippen molar-refractivity contribution in [1.82, 2.24) is 5.32 Å². The average molecular weight is 1170 g/mol. The summed E-state index contributed by atoms with van der Waals surface area (Å²) in [6, 6.07) is -0.628. The van der Waals surface area contributed by atoms with Crippen molar-refractivity contribution in [3.05, 3.63) is 36.5 Å². The van der Waals surface area contributed by atoms with Crippen molar-refractivity contribution in [2.24, 2.45) is 0 Å². The molecule has 1 amide bonds. The maximum Gasteiger partial charge on any atom is 0.305 e. The molecule has 2 atom stereocenters. The second kappa shape index (κ2) is 72.6. The summed E-state index contributed by atoms with van der Waals surface area (Å²) in [7, 11) is 0. The first kappa shape index (κ1) is 81.1. The van der Waals surface area contributed by atoms with Gasteiger partial charge in [0.2, 0.25) is 5.91 Å². The standard InChI is InChI=1S/C77H147NO5/c1-3-5-7-9-11-13-15-17-19-21-34-38-41-45-49-53-57-61-65-69-75(80)74(73-79)78-76(81)70-66-62-58-54-50-46-42-39-35-32-30-28-26-24-22-23-25-27-29-31-33-36-40-44-48-52-56-60-64-68-72-83-77(82)71-67-63-59-55-51-47-43-37-20-18-16-14-12-10-8-6-4-2/h18,20,23,25,65,69,74-75,79-80H,3-17,19,21-22,24,26-64,66-68,70-73H2,1-2H3,(H,78,81)/b20-18-,25-23-,69-65+. The van der Waals surface area contributed by atoms with Crippen LogP contribution in [0.3, 0.4) is 0 Å². The van der Waals surface area contributed by atoms with Gasteiger partial charge in [-0.05, 0) is 83.5 Å². The van der Waals surface area contributed by atoms with E-state index in [4.69, 9.17) is 4.74 Å². The topological polar surface area (TPSA) is 95.9 Å². The molecule has 0 saturated heterocycles. The van der Waals surface area contributed by atoms with E-state index in [1.165, 1.54) is 347 Å². The highest BCUT2D eigenvalue weighted by molar-refractivity contribution is 5.76. The van der Waals surface area contributed by atoms with Crippen LogP contribution in [0.25, 0.3) is 0 Å². The Hall–Kier alpha value is -1.92. The number of allylic oxidation sites excluding steroid dienone is 5. The fourth-order valence-electron chi connectivity index (χ4n) is 11.9. The second-order valence-corrected chi connectivity index (χ2v) is 26.0. The van der Waals surface area contributed by atoms with Crippen molar-refractivity contribution in [1.29, 1.82) is 0 Å². The number of amides is 1. The number of unbranched alkanes of at least 4 members (excludes halogenated alkanes) is 56. The molecule has 0 rings (SSSR count). The Labute approximate surface area is 519 Å². The number of hydrogen-bond acceptors (Lipinski definition) is 5. The highest BCUT2D eigenvalue weighted by atomic mass is 16.5. The third kappa shape index (κ3) is 69.1. The largest absolute Gasteiger partial charge is 0.466 e. The normalized spacial score (nSPS) is 12.7. The number of hydrogen-bond donors (Lipinski definition) is 3. The van der Waals surface area contributed by atoms with Gasteiger partial charge < -0.3 is 20.3 Å². The molecule has 0 aromatic rings. The summed E-state index contributed by atoms with van der Waals surface area (Å²) in [5.41, 5.74) is 0. The van der Waals surface area contributed by atoms with Gasteiger partial charge in [0, 0.05) is 12.8 Å². The van der Waals surface area contributed by atoms with Crippen molar-refractivity contribution in [2.75, 3.05) is 13.2 Å². The summed E-state index contributed by atoms with van der Waals surface area (Å²) in [5.74, 6) is -0.0487. The van der Waals surface area contributed by atoms with E-state index in [-0.39, 0.29) is 18.5 Å².